The quantitative estimate of drug-likeness (QED) is 0.338. The van der Waals surface area contributed by atoms with E-state index in [0.29, 0.717) is 0 Å². The Hall–Kier alpha value is -1.94. The molecule has 0 fully saturated rings. The predicted octanol–water partition coefficient (Wildman–Crippen LogP) is 0.703. The fourth-order valence-electron chi connectivity index (χ4n) is 2.62. The molecule has 0 saturated carbocycles. The van der Waals surface area contributed by atoms with Gasteiger partial charge in [0.1, 0.15) is 0 Å². The molecule has 1 aliphatic rings. The number of para-hydroxylation sites is 1. The normalized spacial score (nSPS) is 12.7. The van der Waals surface area contributed by atoms with E-state index in [-0.39, 0.29) is 19.3 Å². The molecule has 25 heavy (non-hydrogen) atoms. The fourth-order valence-corrected chi connectivity index (χ4v) is 5.90. The maximum absolute atomic E-state index is 11.3. The molecule has 1 heterocycles. The minimum absolute atomic E-state index is 0.0817. The number of nitrogens with one attached hydrogen (secondary N) is 2. The van der Waals surface area contributed by atoms with Gasteiger partial charge in [-0.25, -0.2) is 0 Å². The van der Waals surface area contributed by atoms with Crippen LogP contribution in [0.1, 0.15) is 0 Å². The second kappa shape index (κ2) is 6.41. The summed E-state index contributed by atoms with van der Waals surface area (Å²) in [5.41, 5.74) is 4.05. The van der Waals surface area contributed by atoms with Crippen molar-refractivity contribution in [1.29, 1.82) is 0 Å². The Morgan fingerprint density at radius 2 is 1.52 bits per heavy atom. The van der Waals surface area contributed by atoms with Crippen LogP contribution in [0.3, 0.4) is 0 Å². The molecule has 0 spiro atoms. The molecule has 0 aliphatic carbocycles. The van der Waals surface area contributed by atoms with Gasteiger partial charge in [0.2, 0.25) is 0 Å². The van der Waals surface area contributed by atoms with E-state index in [1.807, 2.05) is 12.1 Å². The van der Waals surface area contributed by atoms with Gasteiger partial charge in [0, 0.05) is 0 Å². The maximum atomic E-state index is 11.3. The van der Waals surface area contributed by atoms with Crippen LogP contribution in [0.2, 0.25) is 0 Å². The molecule has 4 N–H and O–H groups in total. The van der Waals surface area contributed by atoms with Gasteiger partial charge >= 0.3 is 154 Å². The Labute approximate surface area is 154 Å². The predicted molar refractivity (Wildman–Crippen MR) is 101 cm³/mol. The Bertz CT molecular complexity index is 986. The Morgan fingerprint density at radius 3 is 2.28 bits per heavy atom. The summed E-state index contributed by atoms with van der Waals surface area (Å²) in [6.07, 6.45) is 0. The van der Waals surface area contributed by atoms with Crippen LogP contribution in [0.25, 0.3) is 0 Å². The van der Waals surface area contributed by atoms with Gasteiger partial charge in [0.05, 0.1) is 0 Å². The van der Waals surface area contributed by atoms with Crippen molar-refractivity contribution < 1.29 is 11.9 Å². The molecular weight excluding hydrogens is 446 g/mol. The second-order valence-electron chi connectivity index (χ2n) is 5.65. The van der Waals surface area contributed by atoms with Crippen LogP contribution in [0.5, 0.6) is 0 Å². The van der Waals surface area contributed by atoms with Gasteiger partial charge < -0.3 is 0 Å². The van der Waals surface area contributed by atoms with Crippen LogP contribution >= 0.6 is 0 Å². The Morgan fingerprint density at radius 1 is 0.840 bits per heavy atom. The molecule has 1 aliphatic heterocycles. The van der Waals surface area contributed by atoms with Gasteiger partial charge in [0.25, 0.3) is 0 Å². The van der Waals surface area contributed by atoms with E-state index >= 15 is 0 Å². The minimum atomic E-state index is -4.82. The van der Waals surface area contributed by atoms with Crippen molar-refractivity contribution in [3.05, 3.63) is 66.7 Å². The van der Waals surface area contributed by atoms with Gasteiger partial charge in [-0.1, -0.05) is 0 Å². The molecule has 0 unspecified atom stereocenters. The van der Waals surface area contributed by atoms with Crippen molar-refractivity contribution in [2.75, 3.05) is 10.6 Å². The van der Waals surface area contributed by atoms with E-state index in [0.717, 1.165) is 17.1 Å². The van der Waals surface area contributed by atoms with E-state index in [1.54, 1.807) is 12.1 Å². The van der Waals surface area contributed by atoms with Gasteiger partial charge in [-0.3, -0.25) is 0 Å². The standard InChI is InChI=1S/C18H15AsN2O3Se/c22-19(23,24)12-5-7-13(8-6-12)20-14-9-10-16-18(11-14)25-17-4-2-1-3-15(17)21-16/h1-11,20-21H,(H2,22,23,24). The van der Waals surface area contributed by atoms with Gasteiger partial charge in [-0.15, -0.1) is 0 Å². The zero-order valence-corrected chi connectivity index (χ0v) is 16.6. The first kappa shape index (κ1) is 16.5. The van der Waals surface area contributed by atoms with Crippen molar-refractivity contribution in [2.45, 2.75) is 0 Å². The third-order valence-electron chi connectivity index (χ3n) is 3.85. The van der Waals surface area contributed by atoms with Crippen LogP contribution in [0.15, 0.2) is 66.7 Å². The van der Waals surface area contributed by atoms with Crippen LogP contribution in [-0.4, -0.2) is 37.3 Å². The van der Waals surface area contributed by atoms with Crippen molar-refractivity contribution in [1.82, 2.24) is 0 Å². The third kappa shape index (κ3) is 3.54. The topological polar surface area (TPSA) is 81.6 Å². The summed E-state index contributed by atoms with van der Waals surface area (Å²) in [6.45, 7) is 0. The average molecular weight is 461 g/mol. The number of fused-ring (bicyclic) bond motifs is 2. The van der Waals surface area contributed by atoms with Gasteiger partial charge in [-0.05, 0) is 0 Å². The molecule has 3 aromatic rings. The van der Waals surface area contributed by atoms with Crippen LogP contribution < -0.4 is 23.9 Å². The molecular formula is C18H15AsN2O3Se. The molecule has 3 aromatic carbocycles. The summed E-state index contributed by atoms with van der Waals surface area (Å²) in [7, 11) is 0. The summed E-state index contributed by atoms with van der Waals surface area (Å²) in [5.74, 6) is 0. The number of anilines is 4. The summed E-state index contributed by atoms with van der Waals surface area (Å²) in [4.78, 5) is 0. The molecule has 0 amide bonds. The molecule has 126 valence electrons. The van der Waals surface area contributed by atoms with E-state index in [1.165, 1.54) is 26.7 Å². The number of hydrogen-bond acceptors (Lipinski definition) is 3. The van der Waals surface area contributed by atoms with Gasteiger partial charge in [0.15, 0.2) is 0 Å². The van der Waals surface area contributed by atoms with Crippen molar-refractivity contribution in [2.24, 2.45) is 0 Å². The van der Waals surface area contributed by atoms with Crippen molar-refractivity contribution >= 4 is 65.2 Å². The van der Waals surface area contributed by atoms with Crippen molar-refractivity contribution in [3.63, 3.8) is 0 Å². The molecule has 0 aromatic heterocycles. The zero-order chi connectivity index (χ0) is 17.4. The van der Waals surface area contributed by atoms with E-state index in [2.05, 4.69) is 41.0 Å². The van der Waals surface area contributed by atoms with Gasteiger partial charge in [-0.2, -0.15) is 0 Å². The second-order valence-corrected chi connectivity index (χ2v) is 11.3. The average Bonchev–Trinajstić information content (AvgIpc) is 2.59. The zero-order valence-electron chi connectivity index (χ0n) is 13.0. The first-order chi connectivity index (χ1) is 12.0. The summed E-state index contributed by atoms with van der Waals surface area (Å²) in [6, 6.07) is 20.8. The molecule has 0 atom stereocenters. The van der Waals surface area contributed by atoms with E-state index < -0.39 is 14.2 Å². The molecule has 4 rings (SSSR count). The monoisotopic (exact) mass is 462 g/mol. The first-order valence-electron chi connectivity index (χ1n) is 7.60. The van der Waals surface area contributed by atoms with Crippen molar-refractivity contribution in [3.8, 4) is 0 Å². The fraction of sp³-hybridized carbons (Fsp3) is 0. The van der Waals surface area contributed by atoms with Crippen LogP contribution in [-0.2, 0) is 3.74 Å². The van der Waals surface area contributed by atoms with Crippen LogP contribution in [0, 0.1) is 0 Å². The number of rotatable bonds is 3. The molecule has 0 radical (unpaired) electrons. The molecule has 7 heteroatoms. The summed E-state index contributed by atoms with van der Waals surface area (Å²) in [5, 5.41) is 6.75. The summed E-state index contributed by atoms with van der Waals surface area (Å²) < 4.78 is 32.4. The Balaban J connectivity index is 1.56. The molecule has 5 nitrogen and oxygen atoms in total. The SMILES string of the molecule is O=[As](O)(O)c1ccc(Nc2ccc3c(c2)[Se]c2ccccc2N3)cc1. The first-order valence-corrected chi connectivity index (χ1v) is 12.7. The van der Waals surface area contributed by atoms with E-state index in [4.69, 9.17) is 0 Å². The molecule has 0 saturated heterocycles. The number of benzene rings is 3. The summed E-state index contributed by atoms with van der Waals surface area (Å²) >= 11 is -4.58. The van der Waals surface area contributed by atoms with Crippen LogP contribution in [0.4, 0.5) is 22.7 Å². The van der Waals surface area contributed by atoms with E-state index in [9.17, 15) is 11.9 Å². The third-order valence-corrected chi connectivity index (χ3v) is 8.27. The Kier molecular flexibility index (Phi) is 4.24. The number of hydrogen-bond donors (Lipinski definition) is 4. The molecule has 0 bridgehead atoms.